The molecule has 0 unspecified atom stereocenters. The quantitative estimate of drug-likeness (QED) is 0.844. The van der Waals surface area contributed by atoms with Gasteiger partial charge in [-0.1, -0.05) is 30.3 Å². The molecule has 2 rings (SSSR count). The van der Waals surface area contributed by atoms with Crippen LogP contribution in [0.25, 0.3) is 0 Å². The molecule has 0 aliphatic carbocycles. The first-order valence-electron chi connectivity index (χ1n) is 6.49. The zero-order chi connectivity index (χ0) is 13.9. The molecule has 1 aromatic rings. The van der Waals surface area contributed by atoms with Crippen LogP contribution in [0.15, 0.2) is 30.3 Å². The Bertz CT molecular complexity index is 495. The summed E-state index contributed by atoms with van der Waals surface area (Å²) in [6, 6.07) is 11.5. The van der Waals surface area contributed by atoms with Crippen molar-refractivity contribution in [3.8, 4) is 6.07 Å². The van der Waals surface area contributed by atoms with E-state index < -0.39 is 11.5 Å². The largest absolute Gasteiger partial charge is 0.465 e. The van der Waals surface area contributed by atoms with Crippen LogP contribution < -0.4 is 5.32 Å². The van der Waals surface area contributed by atoms with Crippen LogP contribution in [0.5, 0.6) is 0 Å². The van der Waals surface area contributed by atoms with Gasteiger partial charge in [0.05, 0.1) is 24.1 Å². The second kappa shape index (κ2) is 5.41. The molecule has 100 valence electrons. The Balaban J connectivity index is 2.24. The predicted molar refractivity (Wildman–Crippen MR) is 71.1 cm³/mol. The smallest absolute Gasteiger partial charge is 0.323 e. The van der Waals surface area contributed by atoms with E-state index in [9.17, 15) is 10.1 Å². The number of carbonyl (C=O) groups excluding carboxylic acids is 1. The minimum Gasteiger partial charge on any atom is -0.465 e. The Morgan fingerprint density at radius 3 is 2.79 bits per heavy atom. The molecule has 19 heavy (non-hydrogen) atoms. The fraction of sp³-hybridized carbons (Fsp3) is 0.467. The van der Waals surface area contributed by atoms with E-state index in [-0.39, 0.29) is 12.0 Å². The van der Waals surface area contributed by atoms with Gasteiger partial charge in [0.25, 0.3) is 0 Å². The van der Waals surface area contributed by atoms with Crippen LogP contribution in [0.2, 0.25) is 0 Å². The number of esters is 1. The van der Waals surface area contributed by atoms with Crippen molar-refractivity contribution in [1.82, 2.24) is 5.32 Å². The van der Waals surface area contributed by atoms with Crippen molar-refractivity contribution in [2.75, 3.05) is 6.61 Å². The van der Waals surface area contributed by atoms with Crippen molar-refractivity contribution in [2.45, 2.75) is 32.4 Å². The van der Waals surface area contributed by atoms with Crippen molar-refractivity contribution in [3.63, 3.8) is 0 Å². The fourth-order valence-corrected chi connectivity index (χ4v) is 2.60. The van der Waals surface area contributed by atoms with Crippen LogP contribution in [0.3, 0.4) is 0 Å². The third kappa shape index (κ3) is 2.61. The molecule has 1 aliphatic rings. The highest BCUT2D eigenvalue weighted by molar-refractivity contribution is 5.76. The second-order valence-electron chi connectivity index (χ2n) is 5.05. The highest BCUT2D eigenvalue weighted by Crippen LogP contribution is 2.43. The Hall–Kier alpha value is -1.86. The highest BCUT2D eigenvalue weighted by Gasteiger charge is 2.47. The highest BCUT2D eigenvalue weighted by atomic mass is 16.5. The van der Waals surface area contributed by atoms with Crippen molar-refractivity contribution >= 4 is 5.97 Å². The molecule has 1 heterocycles. The molecule has 1 aliphatic heterocycles. The summed E-state index contributed by atoms with van der Waals surface area (Å²) in [5, 5.41) is 12.7. The van der Waals surface area contributed by atoms with E-state index in [1.165, 1.54) is 0 Å². The van der Waals surface area contributed by atoms with Gasteiger partial charge in [-0.3, -0.25) is 10.1 Å². The van der Waals surface area contributed by atoms with E-state index in [0.717, 1.165) is 5.56 Å². The fourth-order valence-electron chi connectivity index (χ4n) is 2.60. The predicted octanol–water partition coefficient (Wildman–Crippen LogP) is 2.18. The van der Waals surface area contributed by atoms with E-state index in [1.807, 2.05) is 37.3 Å². The van der Waals surface area contributed by atoms with Gasteiger partial charge in [-0.15, -0.1) is 0 Å². The zero-order valence-corrected chi connectivity index (χ0v) is 11.2. The van der Waals surface area contributed by atoms with Crippen LogP contribution in [0.4, 0.5) is 0 Å². The summed E-state index contributed by atoms with van der Waals surface area (Å²) in [6.07, 6.45) is 0.474. The van der Waals surface area contributed by atoms with Gasteiger partial charge in [-0.2, -0.15) is 5.26 Å². The average molecular weight is 258 g/mol. The summed E-state index contributed by atoms with van der Waals surface area (Å²) in [5.41, 5.74) is 0.428. The van der Waals surface area contributed by atoms with Crippen LogP contribution in [-0.2, 0) is 9.53 Å². The van der Waals surface area contributed by atoms with Crippen LogP contribution in [0.1, 0.15) is 31.9 Å². The number of hydrogen-bond donors (Lipinski definition) is 1. The van der Waals surface area contributed by atoms with Gasteiger partial charge in [0.1, 0.15) is 6.04 Å². The lowest BCUT2D eigenvalue weighted by molar-refractivity contribution is -0.145. The minimum atomic E-state index is -0.598. The normalized spacial score (nSPS) is 29.7. The SMILES string of the molecule is CCOC(=O)[C@H]1C[C@](C)(C#N)[C@H](c2ccccc2)N1. The molecule has 1 N–H and O–H groups in total. The van der Waals surface area contributed by atoms with Crippen LogP contribution in [0, 0.1) is 16.7 Å². The molecule has 1 saturated heterocycles. The first-order chi connectivity index (χ1) is 9.10. The molecule has 3 atom stereocenters. The molecule has 0 saturated carbocycles. The summed E-state index contributed by atoms with van der Waals surface area (Å²) in [4.78, 5) is 11.8. The molecule has 4 heteroatoms. The Labute approximate surface area is 113 Å². The van der Waals surface area contributed by atoms with Crippen molar-refractivity contribution in [3.05, 3.63) is 35.9 Å². The third-order valence-electron chi connectivity index (χ3n) is 3.59. The minimum absolute atomic E-state index is 0.145. The molecule has 0 aromatic heterocycles. The molecule has 1 fully saturated rings. The molecule has 0 spiro atoms. The average Bonchev–Trinajstić information content (AvgIpc) is 2.79. The topological polar surface area (TPSA) is 62.1 Å². The van der Waals surface area contributed by atoms with Crippen LogP contribution >= 0.6 is 0 Å². The summed E-state index contributed by atoms with van der Waals surface area (Å²) in [7, 11) is 0. The molecular weight excluding hydrogens is 240 g/mol. The van der Waals surface area contributed by atoms with Gasteiger partial charge in [0.15, 0.2) is 0 Å². The van der Waals surface area contributed by atoms with Gasteiger partial charge >= 0.3 is 5.97 Å². The Morgan fingerprint density at radius 1 is 1.53 bits per heavy atom. The van der Waals surface area contributed by atoms with Crippen molar-refractivity contribution in [1.29, 1.82) is 5.26 Å². The number of hydrogen-bond acceptors (Lipinski definition) is 4. The molecule has 0 amide bonds. The Morgan fingerprint density at radius 2 is 2.21 bits per heavy atom. The van der Waals surface area contributed by atoms with Crippen molar-refractivity contribution in [2.24, 2.45) is 5.41 Å². The molecular formula is C15H18N2O2. The number of nitriles is 1. The zero-order valence-electron chi connectivity index (χ0n) is 11.2. The van der Waals surface area contributed by atoms with E-state index in [2.05, 4.69) is 11.4 Å². The molecule has 1 aromatic carbocycles. The lowest BCUT2D eigenvalue weighted by Crippen LogP contribution is -2.34. The third-order valence-corrected chi connectivity index (χ3v) is 3.59. The first-order valence-corrected chi connectivity index (χ1v) is 6.49. The maximum Gasteiger partial charge on any atom is 0.323 e. The standard InChI is InChI=1S/C15H18N2O2/c1-3-19-14(18)12-9-15(2,10-16)13(17-12)11-7-5-4-6-8-11/h4-8,12-13,17H,3,9H2,1-2H3/t12-,13+,15-/m1/s1. The van der Waals surface area contributed by atoms with Gasteiger partial charge in [0, 0.05) is 0 Å². The lowest BCUT2D eigenvalue weighted by atomic mass is 9.80. The molecule has 0 bridgehead atoms. The van der Waals surface area contributed by atoms with Gasteiger partial charge in [-0.05, 0) is 25.8 Å². The summed E-state index contributed by atoms with van der Waals surface area (Å²) < 4.78 is 5.04. The van der Waals surface area contributed by atoms with E-state index in [1.54, 1.807) is 6.92 Å². The first kappa shape index (κ1) is 13.6. The van der Waals surface area contributed by atoms with E-state index in [0.29, 0.717) is 13.0 Å². The molecule has 4 nitrogen and oxygen atoms in total. The maximum absolute atomic E-state index is 11.8. The number of rotatable bonds is 3. The number of ether oxygens (including phenoxy) is 1. The lowest BCUT2D eigenvalue weighted by Gasteiger charge is -2.23. The summed E-state index contributed by atoms with van der Waals surface area (Å²) >= 11 is 0. The Kier molecular flexibility index (Phi) is 3.87. The number of nitrogens with one attached hydrogen (secondary N) is 1. The van der Waals surface area contributed by atoms with Crippen molar-refractivity contribution < 1.29 is 9.53 Å². The second-order valence-corrected chi connectivity index (χ2v) is 5.05. The number of nitrogens with zero attached hydrogens (tertiary/aromatic N) is 1. The van der Waals surface area contributed by atoms with Gasteiger partial charge in [-0.25, -0.2) is 0 Å². The monoisotopic (exact) mass is 258 g/mol. The van der Waals surface area contributed by atoms with Gasteiger partial charge in [0.2, 0.25) is 0 Å². The van der Waals surface area contributed by atoms with Crippen LogP contribution in [-0.4, -0.2) is 18.6 Å². The molecule has 0 radical (unpaired) electrons. The number of carbonyl (C=O) groups is 1. The summed E-state index contributed by atoms with van der Waals surface area (Å²) in [5.74, 6) is -0.276. The summed E-state index contributed by atoms with van der Waals surface area (Å²) in [6.45, 7) is 4.03. The van der Waals surface area contributed by atoms with E-state index >= 15 is 0 Å². The van der Waals surface area contributed by atoms with Gasteiger partial charge < -0.3 is 4.74 Å². The maximum atomic E-state index is 11.8. The number of benzene rings is 1. The van der Waals surface area contributed by atoms with E-state index in [4.69, 9.17) is 4.74 Å².